The van der Waals surface area contributed by atoms with Gasteiger partial charge in [-0.3, -0.25) is 9.59 Å². The van der Waals surface area contributed by atoms with E-state index in [1.807, 2.05) is 27.7 Å². The molecule has 0 N–H and O–H groups in total. The molecule has 0 atom stereocenters. The largest absolute Gasteiger partial charge is 0.465 e. The predicted octanol–water partition coefficient (Wildman–Crippen LogP) is 3.34. The number of esters is 2. The summed E-state index contributed by atoms with van der Waals surface area (Å²) in [7, 11) is 0. The van der Waals surface area contributed by atoms with Crippen molar-refractivity contribution in [3.63, 3.8) is 0 Å². The van der Waals surface area contributed by atoms with Crippen molar-refractivity contribution in [1.29, 1.82) is 0 Å². The van der Waals surface area contributed by atoms with Crippen molar-refractivity contribution in [2.45, 2.75) is 60.3 Å². The molecule has 0 fully saturated rings. The third-order valence-electron chi connectivity index (χ3n) is 3.46. The summed E-state index contributed by atoms with van der Waals surface area (Å²) >= 11 is 0. The third-order valence-corrected chi connectivity index (χ3v) is 3.46. The first-order valence-corrected chi connectivity index (χ1v) is 7.25. The molecule has 0 aromatic carbocycles. The summed E-state index contributed by atoms with van der Waals surface area (Å²) in [6.07, 6.45) is 3.52. The summed E-state index contributed by atoms with van der Waals surface area (Å²) in [5.41, 5.74) is -1.21. The van der Waals surface area contributed by atoms with Gasteiger partial charge >= 0.3 is 11.9 Å². The Morgan fingerprint density at radius 1 is 0.947 bits per heavy atom. The van der Waals surface area contributed by atoms with Crippen LogP contribution in [-0.4, -0.2) is 25.2 Å². The van der Waals surface area contributed by atoms with Gasteiger partial charge in [0.2, 0.25) is 0 Å². The van der Waals surface area contributed by atoms with Gasteiger partial charge in [-0.05, 0) is 25.7 Å². The standard InChI is InChI=1S/C15H28O4/c1-6-8-10-18-13(16)15(5,12(3)4)14(17)19-11-9-7-2/h12H,6-11H2,1-5H3. The van der Waals surface area contributed by atoms with Gasteiger partial charge < -0.3 is 9.47 Å². The second-order valence-electron chi connectivity index (χ2n) is 5.34. The van der Waals surface area contributed by atoms with Crippen molar-refractivity contribution in [2.24, 2.45) is 11.3 Å². The van der Waals surface area contributed by atoms with E-state index in [0.29, 0.717) is 13.2 Å². The smallest absolute Gasteiger partial charge is 0.323 e. The zero-order valence-electron chi connectivity index (χ0n) is 13.0. The average molecular weight is 272 g/mol. The fraction of sp³-hybridized carbons (Fsp3) is 0.867. The van der Waals surface area contributed by atoms with E-state index in [2.05, 4.69) is 0 Å². The average Bonchev–Trinajstić information content (AvgIpc) is 2.37. The molecule has 0 heterocycles. The highest BCUT2D eigenvalue weighted by Gasteiger charge is 2.47. The first-order valence-electron chi connectivity index (χ1n) is 7.25. The van der Waals surface area contributed by atoms with E-state index in [-0.39, 0.29) is 5.92 Å². The maximum atomic E-state index is 12.1. The molecular weight excluding hydrogens is 244 g/mol. The highest BCUT2D eigenvalue weighted by atomic mass is 16.6. The van der Waals surface area contributed by atoms with E-state index in [4.69, 9.17) is 9.47 Å². The van der Waals surface area contributed by atoms with E-state index in [9.17, 15) is 9.59 Å². The maximum Gasteiger partial charge on any atom is 0.323 e. The summed E-state index contributed by atoms with van der Waals surface area (Å²) in [4.78, 5) is 24.3. The molecule has 0 aliphatic rings. The summed E-state index contributed by atoms with van der Waals surface area (Å²) in [5, 5.41) is 0. The molecule has 0 aliphatic heterocycles. The lowest BCUT2D eigenvalue weighted by molar-refractivity contribution is -0.174. The molecule has 4 nitrogen and oxygen atoms in total. The van der Waals surface area contributed by atoms with Gasteiger partial charge in [-0.1, -0.05) is 40.5 Å². The number of unbranched alkanes of at least 4 members (excludes halogenated alkanes) is 2. The van der Waals surface area contributed by atoms with Gasteiger partial charge in [-0.15, -0.1) is 0 Å². The molecule has 0 aromatic rings. The van der Waals surface area contributed by atoms with Crippen LogP contribution in [0.3, 0.4) is 0 Å². The molecule has 0 bridgehead atoms. The van der Waals surface area contributed by atoms with E-state index in [1.165, 1.54) is 0 Å². The quantitative estimate of drug-likeness (QED) is 0.367. The van der Waals surface area contributed by atoms with Crippen LogP contribution >= 0.6 is 0 Å². The van der Waals surface area contributed by atoms with Crippen LogP contribution < -0.4 is 0 Å². The van der Waals surface area contributed by atoms with Crippen molar-refractivity contribution >= 4 is 11.9 Å². The van der Waals surface area contributed by atoms with Gasteiger partial charge in [0.1, 0.15) is 0 Å². The molecular formula is C15H28O4. The highest BCUT2D eigenvalue weighted by Crippen LogP contribution is 2.30. The van der Waals surface area contributed by atoms with Crippen molar-refractivity contribution in [3.8, 4) is 0 Å². The third kappa shape index (κ3) is 5.21. The summed E-state index contributed by atoms with van der Waals surface area (Å²) < 4.78 is 10.4. The Labute approximate surface area is 116 Å². The van der Waals surface area contributed by atoms with Gasteiger partial charge in [-0.25, -0.2) is 0 Å². The van der Waals surface area contributed by atoms with Gasteiger partial charge in [0.15, 0.2) is 5.41 Å². The molecule has 0 saturated carbocycles. The van der Waals surface area contributed by atoms with E-state index in [0.717, 1.165) is 25.7 Å². The molecule has 0 unspecified atom stereocenters. The Bertz CT molecular complexity index is 262. The van der Waals surface area contributed by atoms with Gasteiger partial charge in [0.25, 0.3) is 0 Å². The summed E-state index contributed by atoms with van der Waals surface area (Å²) in [6, 6.07) is 0. The van der Waals surface area contributed by atoms with Crippen LogP contribution in [0.1, 0.15) is 60.3 Å². The van der Waals surface area contributed by atoms with Gasteiger partial charge in [-0.2, -0.15) is 0 Å². The minimum absolute atomic E-state index is 0.157. The normalized spacial score (nSPS) is 11.5. The minimum Gasteiger partial charge on any atom is -0.465 e. The van der Waals surface area contributed by atoms with Gasteiger partial charge in [0, 0.05) is 0 Å². The second kappa shape index (κ2) is 8.94. The molecule has 0 spiro atoms. The Morgan fingerprint density at radius 3 is 1.58 bits per heavy atom. The van der Waals surface area contributed by atoms with Crippen LogP contribution in [0.2, 0.25) is 0 Å². The molecule has 0 amide bonds. The molecule has 0 aliphatic carbocycles. The predicted molar refractivity (Wildman–Crippen MR) is 74.7 cm³/mol. The number of rotatable bonds is 9. The summed E-state index contributed by atoms with van der Waals surface area (Å²) in [5.74, 6) is -1.11. The maximum absolute atomic E-state index is 12.1. The van der Waals surface area contributed by atoms with Crippen LogP contribution in [-0.2, 0) is 19.1 Å². The molecule has 0 radical (unpaired) electrons. The molecule has 4 heteroatoms. The lowest BCUT2D eigenvalue weighted by atomic mass is 9.79. The Kier molecular flexibility index (Phi) is 8.44. The number of hydrogen-bond acceptors (Lipinski definition) is 4. The number of hydrogen-bond donors (Lipinski definition) is 0. The van der Waals surface area contributed by atoms with Crippen molar-refractivity contribution in [1.82, 2.24) is 0 Å². The number of carbonyl (C=O) groups excluding carboxylic acids is 2. The van der Waals surface area contributed by atoms with Crippen LogP contribution in [0.4, 0.5) is 0 Å². The van der Waals surface area contributed by atoms with Crippen molar-refractivity contribution in [3.05, 3.63) is 0 Å². The SMILES string of the molecule is CCCCOC(=O)C(C)(C(=O)OCCCC)C(C)C. The Balaban J connectivity index is 4.64. The minimum atomic E-state index is -1.21. The van der Waals surface area contributed by atoms with Crippen molar-refractivity contribution < 1.29 is 19.1 Å². The zero-order valence-corrected chi connectivity index (χ0v) is 13.0. The fourth-order valence-electron chi connectivity index (χ4n) is 1.47. The van der Waals surface area contributed by atoms with Crippen molar-refractivity contribution in [2.75, 3.05) is 13.2 Å². The first-order chi connectivity index (χ1) is 8.91. The van der Waals surface area contributed by atoms with E-state index in [1.54, 1.807) is 6.92 Å². The molecule has 0 aromatic heterocycles. The second-order valence-corrected chi connectivity index (χ2v) is 5.34. The number of carbonyl (C=O) groups is 2. The molecule has 19 heavy (non-hydrogen) atoms. The van der Waals surface area contributed by atoms with Crippen LogP contribution in [0.5, 0.6) is 0 Å². The topological polar surface area (TPSA) is 52.6 Å². The molecule has 112 valence electrons. The van der Waals surface area contributed by atoms with E-state index >= 15 is 0 Å². The molecule has 0 saturated heterocycles. The van der Waals surface area contributed by atoms with Crippen LogP contribution in [0.15, 0.2) is 0 Å². The monoisotopic (exact) mass is 272 g/mol. The Hall–Kier alpha value is -1.06. The van der Waals surface area contributed by atoms with E-state index < -0.39 is 17.4 Å². The zero-order chi connectivity index (χ0) is 14.9. The Morgan fingerprint density at radius 2 is 1.32 bits per heavy atom. The first kappa shape index (κ1) is 17.9. The lowest BCUT2D eigenvalue weighted by Crippen LogP contribution is -2.43. The summed E-state index contributed by atoms with van der Waals surface area (Å²) in [6.45, 7) is 10.0. The molecule has 0 rings (SSSR count). The van der Waals surface area contributed by atoms with Crippen LogP contribution in [0.25, 0.3) is 0 Å². The van der Waals surface area contributed by atoms with Crippen LogP contribution in [0, 0.1) is 11.3 Å². The number of ether oxygens (including phenoxy) is 2. The van der Waals surface area contributed by atoms with Gasteiger partial charge in [0.05, 0.1) is 13.2 Å². The lowest BCUT2D eigenvalue weighted by Gasteiger charge is -2.28. The highest BCUT2D eigenvalue weighted by molar-refractivity contribution is 5.99. The fourth-order valence-corrected chi connectivity index (χ4v) is 1.47.